The van der Waals surface area contributed by atoms with Crippen molar-refractivity contribution in [1.82, 2.24) is 0 Å². The zero-order valence-electron chi connectivity index (χ0n) is 12.8. The summed E-state index contributed by atoms with van der Waals surface area (Å²) in [6, 6.07) is 19.1. The van der Waals surface area contributed by atoms with Crippen molar-refractivity contribution in [1.29, 1.82) is 0 Å². The molecule has 1 amide bonds. The van der Waals surface area contributed by atoms with Gasteiger partial charge in [-0.3, -0.25) is 4.79 Å². The second-order valence-electron chi connectivity index (χ2n) is 5.38. The number of thiophene rings is 1. The van der Waals surface area contributed by atoms with E-state index in [1.54, 1.807) is 17.4 Å². The molecule has 2 heterocycles. The van der Waals surface area contributed by atoms with Gasteiger partial charge in [-0.1, -0.05) is 36.4 Å². The highest BCUT2D eigenvalue weighted by molar-refractivity contribution is 7.13. The van der Waals surface area contributed by atoms with Crippen LogP contribution in [0, 0.1) is 0 Å². The lowest BCUT2D eigenvalue weighted by Gasteiger charge is -2.25. The maximum Gasteiger partial charge on any atom is 0.269 e. The number of carbonyl (C=O) groups excluding carboxylic acids is 1. The molecule has 4 nitrogen and oxygen atoms in total. The predicted octanol–water partition coefficient (Wildman–Crippen LogP) is 4.19. The molecule has 0 fully saturated rings. The van der Waals surface area contributed by atoms with Gasteiger partial charge in [0.15, 0.2) is 11.5 Å². The molecule has 0 radical (unpaired) electrons. The smallest absolute Gasteiger partial charge is 0.269 e. The van der Waals surface area contributed by atoms with E-state index in [1.165, 1.54) is 0 Å². The lowest BCUT2D eigenvalue weighted by atomic mass is 10.1. The van der Waals surface area contributed by atoms with Crippen LogP contribution in [0.1, 0.15) is 0 Å². The number of hydrogen-bond donors (Lipinski definition) is 1. The fraction of sp³-hybridized carbons (Fsp3) is 0.105. The average Bonchev–Trinajstić information content (AvgIpc) is 3.16. The summed E-state index contributed by atoms with van der Waals surface area (Å²) in [5.41, 5.74) is 1.77. The minimum Gasteiger partial charge on any atom is -0.485 e. The molecule has 2 aromatic carbocycles. The third-order valence-electron chi connectivity index (χ3n) is 3.77. The number of amides is 1. The van der Waals surface area contributed by atoms with Crippen molar-refractivity contribution >= 4 is 22.9 Å². The van der Waals surface area contributed by atoms with E-state index in [-0.39, 0.29) is 12.5 Å². The molecule has 1 atom stereocenters. The molecule has 0 bridgehead atoms. The van der Waals surface area contributed by atoms with Gasteiger partial charge in [-0.05, 0) is 29.6 Å². The summed E-state index contributed by atoms with van der Waals surface area (Å²) >= 11 is 1.64. The molecule has 1 aliphatic heterocycles. The number of rotatable bonds is 3. The van der Waals surface area contributed by atoms with Crippen LogP contribution in [-0.2, 0) is 4.79 Å². The van der Waals surface area contributed by atoms with E-state index in [9.17, 15) is 4.79 Å². The van der Waals surface area contributed by atoms with Crippen LogP contribution in [0.3, 0.4) is 0 Å². The number of benzene rings is 2. The molecular formula is C19H15NO3S. The number of nitrogens with one attached hydrogen (secondary N) is 1. The van der Waals surface area contributed by atoms with Crippen molar-refractivity contribution in [3.63, 3.8) is 0 Å². The highest BCUT2D eigenvalue weighted by Crippen LogP contribution is 2.33. The SMILES string of the molecule is O=C(Nc1ccccc1-c1cccs1)[C@H]1COc2ccccc2O1. The van der Waals surface area contributed by atoms with Crippen molar-refractivity contribution in [3.05, 3.63) is 66.0 Å². The standard InChI is InChI=1S/C19H15NO3S/c21-19(17-12-22-15-8-3-4-9-16(15)23-17)20-14-7-2-1-6-13(14)18-10-5-11-24-18/h1-11,17H,12H2,(H,20,21)/t17-/m1/s1. The highest BCUT2D eigenvalue weighted by Gasteiger charge is 2.27. The Kier molecular flexibility index (Phi) is 3.92. The minimum absolute atomic E-state index is 0.198. The fourth-order valence-corrected chi connectivity index (χ4v) is 3.37. The van der Waals surface area contributed by atoms with Gasteiger partial charge in [-0.2, -0.15) is 0 Å². The molecule has 1 N–H and O–H groups in total. The number of hydrogen-bond acceptors (Lipinski definition) is 4. The van der Waals surface area contributed by atoms with Crippen molar-refractivity contribution in [2.45, 2.75) is 6.10 Å². The Bertz CT molecular complexity index is 861. The van der Waals surface area contributed by atoms with Gasteiger partial charge in [-0.15, -0.1) is 11.3 Å². The van der Waals surface area contributed by atoms with Crippen LogP contribution in [0.2, 0.25) is 0 Å². The Hall–Kier alpha value is -2.79. The molecule has 5 heteroatoms. The van der Waals surface area contributed by atoms with Gasteiger partial charge < -0.3 is 14.8 Å². The van der Waals surface area contributed by atoms with Crippen LogP contribution < -0.4 is 14.8 Å². The maximum absolute atomic E-state index is 12.6. The summed E-state index contributed by atoms with van der Waals surface area (Å²) in [4.78, 5) is 13.7. The summed E-state index contributed by atoms with van der Waals surface area (Å²) in [5.74, 6) is 1.05. The molecule has 4 rings (SSSR count). The molecule has 0 saturated heterocycles. The second-order valence-corrected chi connectivity index (χ2v) is 6.32. The van der Waals surface area contributed by atoms with E-state index in [0.717, 1.165) is 16.1 Å². The zero-order valence-corrected chi connectivity index (χ0v) is 13.6. The number of carbonyl (C=O) groups is 1. The van der Waals surface area contributed by atoms with E-state index >= 15 is 0 Å². The topological polar surface area (TPSA) is 47.6 Å². The number of para-hydroxylation sites is 3. The zero-order chi connectivity index (χ0) is 16.4. The van der Waals surface area contributed by atoms with E-state index < -0.39 is 6.10 Å². The van der Waals surface area contributed by atoms with Gasteiger partial charge in [0.25, 0.3) is 5.91 Å². The van der Waals surface area contributed by atoms with E-state index in [4.69, 9.17) is 9.47 Å². The fourth-order valence-electron chi connectivity index (χ4n) is 2.60. The molecule has 1 aliphatic rings. The molecule has 120 valence electrons. The quantitative estimate of drug-likeness (QED) is 0.779. The van der Waals surface area contributed by atoms with Gasteiger partial charge in [-0.25, -0.2) is 0 Å². The lowest BCUT2D eigenvalue weighted by molar-refractivity contribution is -0.125. The Labute approximate surface area is 143 Å². The van der Waals surface area contributed by atoms with Crippen molar-refractivity contribution in [2.24, 2.45) is 0 Å². The number of ether oxygens (including phenoxy) is 2. The van der Waals surface area contributed by atoms with E-state index in [0.29, 0.717) is 11.5 Å². The number of anilines is 1. The first-order chi connectivity index (χ1) is 11.8. The number of fused-ring (bicyclic) bond motifs is 1. The maximum atomic E-state index is 12.6. The molecule has 0 unspecified atom stereocenters. The lowest BCUT2D eigenvalue weighted by Crippen LogP contribution is -2.40. The minimum atomic E-state index is -0.670. The van der Waals surface area contributed by atoms with Crippen LogP contribution >= 0.6 is 11.3 Å². The first-order valence-electron chi connectivity index (χ1n) is 7.63. The van der Waals surface area contributed by atoms with E-state index in [1.807, 2.05) is 60.0 Å². The van der Waals surface area contributed by atoms with Crippen molar-refractivity contribution in [2.75, 3.05) is 11.9 Å². The Morgan fingerprint density at radius 3 is 2.62 bits per heavy atom. The van der Waals surface area contributed by atoms with Gasteiger partial charge in [0.1, 0.15) is 6.61 Å². The van der Waals surface area contributed by atoms with Gasteiger partial charge in [0.2, 0.25) is 6.10 Å². The van der Waals surface area contributed by atoms with Crippen LogP contribution in [0.4, 0.5) is 5.69 Å². The molecule has 24 heavy (non-hydrogen) atoms. The molecule has 0 aliphatic carbocycles. The Morgan fingerprint density at radius 1 is 1.00 bits per heavy atom. The van der Waals surface area contributed by atoms with Crippen LogP contribution in [0.15, 0.2) is 66.0 Å². The Morgan fingerprint density at radius 2 is 1.79 bits per heavy atom. The van der Waals surface area contributed by atoms with E-state index in [2.05, 4.69) is 5.32 Å². The predicted molar refractivity (Wildman–Crippen MR) is 94.7 cm³/mol. The van der Waals surface area contributed by atoms with Gasteiger partial charge in [0, 0.05) is 16.1 Å². The van der Waals surface area contributed by atoms with Gasteiger partial charge in [0.05, 0.1) is 0 Å². The molecule has 0 saturated carbocycles. The average molecular weight is 337 g/mol. The molecule has 3 aromatic rings. The molecular weight excluding hydrogens is 322 g/mol. The monoisotopic (exact) mass is 337 g/mol. The highest BCUT2D eigenvalue weighted by atomic mass is 32.1. The molecule has 1 aromatic heterocycles. The summed E-state index contributed by atoms with van der Waals surface area (Å²) in [6.07, 6.45) is -0.670. The second kappa shape index (κ2) is 6.37. The molecule has 0 spiro atoms. The first-order valence-corrected chi connectivity index (χ1v) is 8.51. The summed E-state index contributed by atoms with van der Waals surface area (Å²) in [5, 5.41) is 4.98. The summed E-state index contributed by atoms with van der Waals surface area (Å²) < 4.78 is 11.4. The largest absolute Gasteiger partial charge is 0.485 e. The van der Waals surface area contributed by atoms with Crippen LogP contribution in [-0.4, -0.2) is 18.6 Å². The van der Waals surface area contributed by atoms with Crippen LogP contribution in [0.5, 0.6) is 11.5 Å². The third kappa shape index (κ3) is 2.86. The summed E-state index contributed by atoms with van der Waals surface area (Å²) in [7, 11) is 0. The first kappa shape index (κ1) is 14.8. The van der Waals surface area contributed by atoms with Crippen LogP contribution in [0.25, 0.3) is 10.4 Å². The third-order valence-corrected chi connectivity index (χ3v) is 4.68. The van der Waals surface area contributed by atoms with Crippen molar-refractivity contribution in [3.8, 4) is 21.9 Å². The summed E-state index contributed by atoms with van der Waals surface area (Å²) in [6.45, 7) is 0.198. The normalized spacial score (nSPS) is 15.8. The van der Waals surface area contributed by atoms with Gasteiger partial charge >= 0.3 is 0 Å². The van der Waals surface area contributed by atoms with Crippen molar-refractivity contribution < 1.29 is 14.3 Å². The Balaban J connectivity index is 1.54.